The molecule has 0 spiro atoms. The quantitative estimate of drug-likeness (QED) is 0.627. The number of nitriles is 1. The molecule has 1 aromatic heterocycles. The van der Waals surface area contributed by atoms with Crippen molar-refractivity contribution in [1.82, 2.24) is 10.3 Å². The van der Waals surface area contributed by atoms with Gasteiger partial charge in [-0.3, -0.25) is 4.79 Å². The summed E-state index contributed by atoms with van der Waals surface area (Å²) >= 11 is 1.23. The van der Waals surface area contributed by atoms with E-state index in [1.807, 2.05) is 30.3 Å². The number of nitrogens with zero attached hydrogens (tertiary/aromatic N) is 2. The van der Waals surface area contributed by atoms with Crippen LogP contribution in [0.5, 0.6) is 17.2 Å². The molecule has 0 unspecified atom stereocenters. The molecular formula is C21H17N3O4S. The zero-order valence-corrected chi connectivity index (χ0v) is 16.4. The maximum Gasteiger partial charge on any atom is 0.231 e. The Balaban J connectivity index is 1.42. The third-order valence-corrected chi connectivity index (χ3v) is 5.37. The maximum absolute atomic E-state index is 12.2. The van der Waals surface area contributed by atoms with Gasteiger partial charge in [-0.1, -0.05) is 23.9 Å². The van der Waals surface area contributed by atoms with Gasteiger partial charge in [0.25, 0.3) is 0 Å². The smallest absolute Gasteiger partial charge is 0.231 e. The summed E-state index contributed by atoms with van der Waals surface area (Å²) in [6.07, 6.45) is 0. The number of carbonyl (C=O) groups excluding carboxylic acids is 1. The fraction of sp³-hybridized carbons (Fsp3) is 0.190. The van der Waals surface area contributed by atoms with E-state index in [9.17, 15) is 10.1 Å². The van der Waals surface area contributed by atoms with Crippen LogP contribution in [0, 0.1) is 11.3 Å². The van der Waals surface area contributed by atoms with Crippen molar-refractivity contribution in [3.8, 4) is 23.3 Å². The van der Waals surface area contributed by atoms with E-state index in [-0.39, 0.29) is 18.5 Å². The number of nitrogens with one attached hydrogen (secondary N) is 1. The van der Waals surface area contributed by atoms with Crippen LogP contribution in [0.2, 0.25) is 0 Å². The van der Waals surface area contributed by atoms with E-state index < -0.39 is 0 Å². The fourth-order valence-corrected chi connectivity index (χ4v) is 3.66. The molecule has 1 aliphatic rings. The Morgan fingerprint density at radius 2 is 2.00 bits per heavy atom. The Kier molecular flexibility index (Phi) is 5.40. The topological polar surface area (TPSA) is 93.5 Å². The van der Waals surface area contributed by atoms with Crippen molar-refractivity contribution in [3.63, 3.8) is 0 Å². The van der Waals surface area contributed by atoms with Gasteiger partial charge in [0.15, 0.2) is 11.5 Å². The van der Waals surface area contributed by atoms with Gasteiger partial charge < -0.3 is 19.5 Å². The first kappa shape index (κ1) is 18.9. The maximum atomic E-state index is 12.2. The van der Waals surface area contributed by atoms with Crippen LogP contribution in [0.15, 0.2) is 47.5 Å². The third kappa shape index (κ3) is 4.20. The summed E-state index contributed by atoms with van der Waals surface area (Å²) < 4.78 is 15.9. The van der Waals surface area contributed by atoms with Crippen molar-refractivity contribution in [2.75, 3.05) is 19.7 Å². The van der Waals surface area contributed by atoms with Gasteiger partial charge in [0.1, 0.15) is 16.8 Å². The van der Waals surface area contributed by atoms with Crippen LogP contribution in [-0.4, -0.2) is 30.5 Å². The van der Waals surface area contributed by atoms with Crippen LogP contribution in [-0.2, 0) is 11.3 Å². The van der Waals surface area contributed by atoms with E-state index in [2.05, 4.69) is 16.4 Å². The van der Waals surface area contributed by atoms with Gasteiger partial charge in [-0.15, -0.1) is 0 Å². The van der Waals surface area contributed by atoms with Crippen molar-refractivity contribution in [2.24, 2.45) is 0 Å². The third-order valence-electron chi connectivity index (χ3n) is 4.38. The molecule has 8 heteroatoms. The highest BCUT2D eigenvalue weighted by molar-refractivity contribution is 8.00. The number of hydrogen-bond acceptors (Lipinski definition) is 7. The van der Waals surface area contributed by atoms with E-state index in [0.29, 0.717) is 34.1 Å². The highest BCUT2D eigenvalue weighted by Crippen LogP contribution is 2.36. The van der Waals surface area contributed by atoms with E-state index >= 15 is 0 Å². The summed E-state index contributed by atoms with van der Waals surface area (Å²) in [6, 6.07) is 15.0. The second-order valence-corrected chi connectivity index (χ2v) is 7.23. The number of thioether (sulfide) groups is 1. The Hall–Kier alpha value is -3.44. The molecule has 0 saturated heterocycles. The first-order valence-electron chi connectivity index (χ1n) is 8.83. The zero-order chi connectivity index (χ0) is 20.2. The molecule has 0 saturated carbocycles. The standard InChI is InChI=1S/C21H17N3O4S/c1-26-16-4-2-13(3-5-16)10-23-20(25)11-29-21-15(9-22)6-14-7-18-19(28-12-27-18)8-17(14)24-21/h2-8H,10-12H2,1H3,(H,23,25). The van der Waals surface area contributed by atoms with Crippen molar-refractivity contribution in [3.05, 3.63) is 53.6 Å². The van der Waals surface area contributed by atoms with Gasteiger partial charge in [0, 0.05) is 18.0 Å². The average Bonchev–Trinajstić information content (AvgIpc) is 3.21. The van der Waals surface area contributed by atoms with Gasteiger partial charge >= 0.3 is 0 Å². The number of carbonyl (C=O) groups is 1. The van der Waals surface area contributed by atoms with E-state index in [1.54, 1.807) is 19.2 Å². The van der Waals surface area contributed by atoms with E-state index in [0.717, 1.165) is 16.7 Å². The molecule has 7 nitrogen and oxygen atoms in total. The summed E-state index contributed by atoms with van der Waals surface area (Å²) in [7, 11) is 1.61. The predicted molar refractivity (Wildman–Crippen MR) is 108 cm³/mol. The van der Waals surface area contributed by atoms with Crippen molar-refractivity contribution in [2.45, 2.75) is 11.6 Å². The molecule has 0 aliphatic carbocycles. The second-order valence-electron chi connectivity index (χ2n) is 6.26. The molecule has 1 amide bonds. The molecule has 146 valence electrons. The van der Waals surface area contributed by atoms with Crippen molar-refractivity contribution < 1.29 is 19.0 Å². The van der Waals surface area contributed by atoms with Crippen molar-refractivity contribution in [1.29, 1.82) is 5.26 Å². The lowest BCUT2D eigenvalue weighted by Crippen LogP contribution is -2.24. The molecule has 29 heavy (non-hydrogen) atoms. The van der Waals surface area contributed by atoms with Crippen molar-refractivity contribution >= 4 is 28.6 Å². The minimum Gasteiger partial charge on any atom is -0.497 e. The summed E-state index contributed by atoms with van der Waals surface area (Å²) in [5.41, 5.74) is 2.08. The monoisotopic (exact) mass is 407 g/mol. The van der Waals surface area contributed by atoms with Gasteiger partial charge in [-0.25, -0.2) is 4.98 Å². The molecule has 4 rings (SSSR count). The fourth-order valence-electron chi connectivity index (χ4n) is 2.87. The number of rotatable bonds is 6. The molecular weight excluding hydrogens is 390 g/mol. The number of ether oxygens (including phenoxy) is 3. The number of fused-ring (bicyclic) bond motifs is 2. The molecule has 2 heterocycles. The van der Waals surface area contributed by atoms with Crippen LogP contribution < -0.4 is 19.5 Å². The van der Waals surface area contributed by atoms with Crippen LogP contribution >= 0.6 is 11.8 Å². The molecule has 3 aromatic rings. The molecule has 1 aliphatic heterocycles. The second kappa shape index (κ2) is 8.29. The molecule has 0 bridgehead atoms. The Morgan fingerprint density at radius 1 is 1.24 bits per heavy atom. The molecule has 0 atom stereocenters. The van der Waals surface area contributed by atoms with Crippen LogP contribution in [0.25, 0.3) is 10.9 Å². The number of benzene rings is 2. The average molecular weight is 407 g/mol. The minimum atomic E-state index is -0.137. The highest BCUT2D eigenvalue weighted by Gasteiger charge is 2.17. The van der Waals surface area contributed by atoms with E-state index in [1.165, 1.54) is 11.8 Å². The van der Waals surface area contributed by atoms with Crippen LogP contribution in [0.4, 0.5) is 0 Å². The Morgan fingerprint density at radius 3 is 2.72 bits per heavy atom. The highest BCUT2D eigenvalue weighted by atomic mass is 32.2. The molecule has 2 aromatic carbocycles. The predicted octanol–water partition coefficient (Wildman–Crippen LogP) is 3.25. The number of hydrogen-bond donors (Lipinski definition) is 1. The van der Waals surface area contributed by atoms with E-state index in [4.69, 9.17) is 14.2 Å². The normalized spacial score (nSPS) is 11.9. The SMILES string of the molecule is COc1ccc(CNC(=O)CSc2nc3cc4c(cc3cc2C#N)OCO4)cc1. The Labute approximate surface area is 171 Å². The number of pyridine rings is 1. The molecule has 0 fully saturated rings. The summed E-state index contributed by atoms with van der Waals surface area (Å²) in [5.74, 6) is 2.06. The lowest BCUT2D eigenvalue weighted by atomic mass is 10.1. The van der Waals surface area contributed by atoms with Gasteiger partial charge in [0.05, 0.1) is 23.9 Å². The minimum absolute atomic E-state index is 0.137. The van der Waals surface area contributed by atoms with Gasteiger partial charge in [0.2, 0.25) is 12.7 Å². The van der Waals surface area contributed by atoms with Crippen LogP contribution in [0.1, 0.15) is 11.1 Å². The largest absolute Gasteiger partial charge is 0.497 e. The van der Waals surface area contributed by atoms with Gasteiger partial charge in [-0.05, 0) is 29.8 Å². The van der Waals surface area contributed by atoms with Gasteiger partial charge in [-0.2, -0.15) is 5.26 Å². The lowest BCUT2D eigenvalue weighted by molar-refractivity contribution is -0.118. The molecule has 1 N–H and O–H groups in total. The Bertz CT molecular complexity index is 1110. The summed E-state index contributed by atoms with van der Waals surface area (Å²) in [4.78, 5) is 16.8. The summed E-state index contributed by atoms with van der Waals surface area (Å²) in [6.45, 7) is 0.593. The first-order valence-corrected chi connectivity index (χ1v) is 9.82. The van der Waals surface area contributed by atoms with Crippen LogP contribution in [0.3, 0.4) is 0 Å². The number of aromatic nitrogens is 1. The first-order chi connectivity index (χ1) is 14.2. The summed E-state index contributed by atoms with van der Waals surface area (Å²) in [5, 5.41) is 13.6. The molecule has 0 radical (unpaired) electrons. The number of methoxy groups -OCH3 is 1. The zero-order valence-electron chi connectivity index (χ0n) is 15.6. The number of amides is 1. The lowest BCUT2D eigenvalue weighted by Gasteiger charge is -2.08.